The monoisotopic (exact) mass is 178 g/mol. The quantitative estimate of drug-likeness (QED) is 0.711. The van der Waals surface area contributed by atoms with Crippen LogP contribution in [-0.4, -0.2) is 10.2 Å². The van der Waals surface area contributed by atoms with E-state index in [0.717, 1.165) is 18.1 Å². The van der Waals surface area contributed by atoms with E-state index >= 15 is 0 Å². The van der Waals surface area contributed by atoms with Crippen LogP contribution in [0.2, 0.25) is 0 Å². The largest absolute Gasteiger partial charge is 0.508 e. The summed E-state index contributed by atoms with van der Waals surface area (Å²) in [5.41, 5.74) is 0. The highest BCUT2D eigenvalue weighted by Gasteiger charge is 1.95. The fourth-order valence-electron chi connectivity index (χ4n) is 1.20. The first kappa shape index (κ1) is 9.65. The van der Waals surface area contributed by atoms with Gasteiger partial charge in [-0.2, -0.15) is 0 Å². The van der Waals surface area contributed by atoms with E-state index in [4.69, 9.17) is 5.11 Å². The van der Waals surface area contributed by atoms with Gasteiger partial charge in [-0.25, -0.2) is 0 Å². The van der Waals surface area contributed by atoms with Crippen molar-refractivity contribution in [2.45, 2.75) is 19.8 Å². The lowest BCUT2D eigenvalue weighted by Gasteiger charge is -1.97. The number of rotatable bonds is 2. The number of aromatic hydroxyl groups is 2. The van der Waals surface area contributed by atoms with Crippen LogP contribution >= 0.6 is 0 Å². The van der Waals surface area contributed by atoms with Crippen molar-refractivity contribution in [3.8, 4) is 11.5 Å². The van der Waals surface area contributed by atoms with Gasteiger partial charge in [-0.3, -0.25) is 0 Å². The average Bonchev–Trinajstić information content (AvgIpc) is 2.02. The van der Waals surface area contributed by atoms with Crippen LogP contribution in [0, 0.1) is 0 Å². The Balaban J connectivity index is 3.29. The molecule has 0 unspecified atom stereocenters. The van der Waals surface area contributed by atoms with Crippen LogP contribution in [0.3, 0.4) is 0 Å². The van der Waals surface area contributed by atoms with Gasteiger partial charge in [0.05, 0.1) is 0 Å². The smallest absolute Gasteiger partial charge is 0.126 e. The molecule has 0 saturated heterocycles. The molecule has 2 N–H and O–H groups in total. The van der Waals surface area contributed by atoms with Crippen molar-refractivity contribution in [2.24, 2.45) is 0 Å². The predicted octanol–water partition coefficient (Wildman–Crippen LogP) is 1.09. The van der Waals surface area contributed by atoms with Crippen molar-refractivity contribution in [3.63, 3.8) is 0 Å². The maximum absolute atomic E-state index is 9.47. The molecule has 13 heavy (non-hydrogen) atoms. The van der Waals surface area contributed by atoms with Crippen LogP contribution in [0.4, 0.5) is 0 Å². The lowest BCUT2D eigenvalue weighted by molar-refractivity contribution is 0.446. The van der Waals surface area contributed by atoms with Gasteiger partial charge in [-0.05, 0) is 17.7 Å². The van der Waals surface area contributed by atoms with Gasteiger partial charge < -0.3 is 10.2 Å². The minimum absolute atomic E-state index is 0.0520. The lowest BCUT2D eigenvalue weighted by atomic mass is 10.2. The van der Waals surface area contributed by atoms with E-state index in [1.165, 1.54) is 6.07 Å². The van der Waals surface area contributed by atoms with Crippen LogP contribution < -0.4 is 10.4 Å². The molecule has 1 rings (SSSR count). The Morgan fingerprint density at radius 3 is 2.62 bits per heavy atom. The maximum atomic E-state index is 9.47. The van der Waals surface area contributed by atoms with Crippen molar-refractivity contribution < 1.29 is 10.2 Å². The fraction of sp³-hybridized carbons (Fsp3) is 0.273. The molecular weight excluding hydrogens is 164 g/mol. The molecule has 0 saturated carbocycles. The minimum atomic E-state index is 0.0520. The first-order valence-corrected chi connectivity index (χ1v) is 4.36. The normalized spacial score (nSPS) is 11.9. The van der Waals surface area contributed by atoms with Gasteiger partial charge in [0, 0.05) is 11.3 Å². The highest BCUT2D eigenvalue weighted by atomic mass is 16.3. The molecule has 1 aromatic rings. The fourth-order valence-corrected chi connectivity index (χ4v) is 1.20. The van der Waals surface area contributed by atoms with Crippen molar-refractivity contribution in [3.05, 3.63) is 22.6 Å². The number of benzene rings is 1. The molecule has 1 aromatic carbocycles. The molecule has 0 heterocycles. The van der Waals surface area contributed by atoms with Gasteiger partial charge >= 0.3 is 0 Å². The van der Waals surface area contributed by atoms with E-state index in [-0.39, 0.29) is 11.5 Å². The highest BCUT2D eigenvalue weighted by Crippen LogP contribution is 2.08. The van der Waals surface area contributed by atoms with E-state index in [0.29, 0.717) is 5.22 Å². The zero-order chi connectivity index (χ0) is 9.84. The zero-order valence-electron chi connectivity index (χ0n) is 7.75. The molecule has 0 spiro atoms. The average molecular weight is 178 g/mol. The number of hydrogen-bond donors (Lipinski definition) is 2. The Kier molecular flexibility index (Phi) is 2.96. The first-order valence-electron chi connectivity index (χ1n) is 4.36. The van der Waals surface area contributed by atoms with E-state index in [9.17, 15) is 5.11 Å². The Morgan fingerprint density at radius 1 is 1.38 bits per heavy atom. The maximum Gasteiger partial charge on any atom is 0.126 e. The standard InChI is InChI=1S/C11H14O2/c1-3-4-5-10-8(2)6-9(12)7-11(10)13/h5-7,12-13H,2-4H2,1H3/b10-5+. The van der Waals surface area contributed by atoms with Crippen molar-refractivity contribution in [1.29, 1.82) is 0 Å². The number of phenols is 2. The predicted molar refractivity (Wildman–Crippen MR) is 53.9 cm³/mol. The Morgan fingerprint density at radius 2 is 2.08 bits per heavy atom. The number of phenolic OH excluding ortho intramolecular Hbond substituents is 2. The van der Waals surface area contributed by atoms with Crippen LogP contribution in [0.15, 0.2) is 12.1 Å². The van der Waals surface area contributed by atoms with Gasteiger partial charge in [0.15, 0.2) is 0 Å². The summed E-state index contributed by atoms with van der Waals surface area (Å²) in [6.45, 7) is 5.81. The second kappa shape index (κ2) is 3.99. The SMILES string of the molecule is C=c1cc(O)cc(O)/c1=C/CCC. The molecule has 0 aromatic heterocycles. The summed E-state index contributed by atoms with van der Waals surface area (Å²) in [4.78, 5) is 0. The van der Waals surface area contributed by atoms with E-state index < -0.39 is 0 Å². The molecule has 2 nitrogen and oxygen atoms in total. The Bertz CT molecular complexity index is 393. The van der Waals surface area contributed by atoms with Crippen LogP contribution in [-0.2, 0) is 0 Å². The van der Waals surface area contributed by atoms with Crippen molar-refractivity contribution in [2.75, 3.05) is 0 Å². The summed E-state index contributed by atoms with van der Waals surface area (Å²) in [6.07, 6.45) is 3.86. The Labute approximate surface area is 77.5 Å². The number of unbranched alkanes of at least 4 members (excludes halogenated alkanes) is 1. The third-order valence-electron chi connectivity index (χ3n) is 1.87. The zero-order valence-corrected chi connectivity index (χ0v) is 7.75. The van der Waals surface area contributed by atoms with Gasteiger partial charge in [0.1, 0.15) is 11.5 Å². The molecule has 2 heteroatoms. The number of hydrogen-bond acceptors (Lipinski definition) is 2. The second-order valence-corrected chi connectivity index (χ2v) is 3.03. The summed E-state index contributed by atoms with van der Waals surface area (Å²) in [5, 5.41) is 20.0. The van der Waals surface area contributed by atoms with Crippen molar-refractivity contribution in [1.82, 2.24) is 0 Å². The molecule has 0 atom stereocenters. The molecule has 0 aliphatic carbocycles. The second-order valence-electron chi connectivity index (χ2n) is 3.03. The van der Waals surface area contributed by atoms with Crippen LogP contribution in [0.1, 0.15) is 19.8 Å². The van der Waals surface area contributed by atoms with Gasteiger partial charge in [-0.15, -0.1) is 0 Å². The van der Waals surface area contributed by atoms with Gasteiger partial charge in [-0.1, -0.05) is 26.0 Å². The van der Waals surface area contributed by atoms with E-state index in [2.05, 4.69) is 13.5 Å². The third kappa shape index (κ3) is 2.25. The summed E-state index contributed by atoms with van der Waals surface area (Å²) in [7, 11) is 0. The third-order valence-corrected chi connectivity index (χ3v) is 1.87. The molecular formula is C11H14O2. The van der Waals surface area contributed by atoms with Crippen LogP contribution in [0.5, 0.6) is 11.5 Å². The molecule has 0 aliphatic heterocycles. The molecule has 0 fully saturated rings. The molecule has 0 aliphatic rings. The van der Waals surface area contributed by atoms with Gasteiger partial charge in [0.25, 0.3) is 0 Å². The molecule has 70 valence electrons. The molecule has 0 radical (unpaired) electrons. The summed E-state index contributed by atoms with van der Waals surface area (Å²) < 4.78 is 0. The molecule has 0 bridgehead atoms. The topological polar surface area (TPSA) is 40.5 Å². The first-order chi connectivity index (χ1) is 6.15. The van der Waals surface area contributed by atoms with Gasteiger partial charge in [0.2, 0.25) is 0 Å². The summed E-state index contributed by atoms with van der Waals surface area (Å²) >= 11 is 0. The van der Waals surface area contributed by atoms with Crippen molar-refractivity contribution >= 4 is 12.7 Å². The summed E-state index contributed by atoms with van der Waals surface area (Å²) in [6, 6.07) is 2.87. The van der Waals surface area contributed by atoms with E-state index in [1.54, 1.807) is 6.07 Å². The Hall–Kier alpha value is -1.44. The minimum Gasteiger partial charge on any atom is -0.508 e. The molecule has 0 amide bonds. The summed E-state index contributed by atoms with van der Waals surface area (Å²) in [5.74, 6) is 0.148. The highest BCUT2D eigenvalue weighted by molar-refractivity contribution is 5.40. The van der Waals surface area contributed by atoms with Crippen LogP contribution in [0.25, 0.3) is 12.7 Å². The lowest BCUT2D eigenvalue weighted by Crippen LogP contribution is -2.22. The van der Waals surface area contributed by atoms with E-state index in [1.807, 2.05) is 6.08 Å².